The molecule has 0 unspecified atom stereocenters. The summed E-state index contributed by atoms with van der Waals surface area (Å²) in [6, 6.07) is 9.65. The Balaban J connectivity index is 1.33. The number of amides is 1. The summed E-state index contributed by atoms with van der Waals surface area (Å²) in [5.74, 6) is 0.370. The lowest BCUT2D eigenvalue weighted by molar-refractivity contribution is -0.145. The van der Waals surface area contributed by atoms with E-state index in [1.165, 1.54) is 29.6 Å². The Morgan fingerprint density at radius 1 is 1.12 bits per heavy atom. The van der Waals surface area contributed by atoms with Crippen molar-refractivity contribution in [1.29, 1.82) is 0 Å². The van der Waals surface area contributed by atoms with Gasteiger partial charge in [0.25, 0.3) is 0 Å². The molecule has 0 saturated heterocycles. The molecular formula is C23H22N4O4S2. The van der Waals surface area contributed by atoms with Crippen LogP contribution in [0.5, 0.6) is 0 Å². The number of aromatic nitrogens is 3. The number of aryl methyl sites for hydroxylation is 3. The van der Waals surface area contributed by atoms with Gasteiger partial charge in [0, 0.05) is 18.7 Å². The lowest BCUT2D eigenvalue weighted by atomic mass is 10.1. The molecule has 0 saturated carbocycles. The summed E-state index contributed by atoms with van der Waals surface area (Å²) < 4.78 is 10.5. The van der Waals surface area contributed by atoms with Crippen LogP contribution in [0.1, 0.15) is 36.1 Å². The van der Waals surface area contributed by atoms with Crippen LogP contribution in [0.2, 0.25) is 0 Å². The number of benzene rings is 1. The van der Waals surface area contributed by atoms with Crippen molar-refractivity contribution in [1.82, 2.24) is 15.1 Å². The smallest absolute Gasteiger partial charge is 0.306 e. The van der Waals surface area contributed by atoms with Gasteiger partial charge in [-0.1, -0.05) is 17.3 Å². The molecule has 10 heteroatoms. The monoisotopic (exact) mass is 482 g/mol. The molecule has 0 radical (unpaired) electrons. The van der Waals surface area contributed by atoms with Crippen LogP contribution in [0.25, 0.3) is 10.7 Å². The summed E-state index contributed by atoms with van der Waals surface area (Å²) in [7, 11) is 0. The summed E-state index contributed by atoms with van der Waals surface area (Å²) in [6.07, 6.45) is 0.412. The molecule has 0 atom stereocenters. The average molecular weight is 483 g/mol. The summed E-state index contributed by atoms with van der Waals surface area (Å²) in [5.41, 5.74) is 3.58. The Labute approximate surface area is 198 Å². The van der Waals surface area contributed by atoms with Crippen LogP contribution in [0.4, 0.5) is 10.8 Å². The summed E-state index contributed by atoms with van der Waals surface area (Å²) in [4.78, 5) is 35.7. The Morgan fingerprint density at radius 3 is 2.70 bits per heavy atom. The van der Waals surface area contributed by atoms with Gasteiger partial charge in [-0.15, -0.1) is 22.7 Å². The Bertz CT molecular complexity index is 1260. The molecule has 1 aromatic carbocycles. The van der Waals surface area contributed by atoms with E-state index in [4.69, 9.17) is 9.26 Å². The maximum atomic E-state index is 12.3. The van der Waals surface area contributed by atoms with Gasteiger partial charge in [-0.05, 0) is 48.6 Å². The standard InChI is InChI=1S/C23H22N4O4S2/c1-14-6-7-18(11-15(14)2)27(16(3)28)23-24-17(13-33-23)12-30-21(29)9-8-20-25-22(26-31-20)19-5-4-10-32-19/h4-7,10-11,13H,8-9,12H2,1-3H3. The van der Waals surface area contributed by atoms with Crippen LogP contribution in [-0.2, 0) is 27.4 Å². The maximum absolute atomic E-state index is 12.3. The highest BCUT2D eigenvalue weighted by molar-refractivity contribution is 7.14. The number of nitrogens with zero attached hydrogens (tertiary/aromatic N) is 4. The molecule has 0 fully saturated rings. The van der Waals surface area contributed by atoms with Crippen molar-refractivity contribution < 1.29 is 18.8 Å². The first kappa shape index (κ1) is 22.8. The third-order valence-electron chi connectivity index (χ3n) is 4.93. The second kappa shape index (κ2) is 10.1. The molecule has 3 heterocycles. The number of esters is 1. The predicted octanol–water partition coefficient (Wildman–Crippen LogP) is 5.23. The molecule has 3 aromatic heterocycles. The van der Waals surface area contributed by atoms with Gasteiger partial charge in [-0.25, -0.2) is 4.98 Å². The molecule has 1 amide bonds. The third kappa shape index (κ3) is 5.52. The fourth-order valence-corrected chi connectivity index (χ4v) is 4.58. The number of hydrogen-bond donors (Lipinski definition) is 0. The van der Waals surface area contributed by atoms with Crippen molar-refractivity contribution in [3.8, 4) is 10.7 Å². The van der Waals surface area contributed by atoms with E-state index in [2.05, 4.69) is 15.1 Å². The van der Waals surface area contributed by atoms with Crippen molar-refractivity contribution in [2.24, 2.45) is 0 Å². The van der Waals surface area contributed by atoms with E-state index >= 15 is 0 Å². The van der Waals surface area contributed by atoms with E-state index in [9.17, 15) is 9.59 Å². The van der Waals surface area contributed by atoms with Gasteiger partial charge in [-0.3, -0.25) is 14.5 Å². The number of thiazole rings is 1. The van der Waals surface area contributed by atoms with Gasteiger partial charge in [0.05, 0.1) is 22.7 Å². The molecule has 0 spiro atoms. The number of hydrogen-bond acceptors (Lipinski definition) is 9. The van der Waals surface area contributed by atoms with Crippen molar-refractivity contribution in [2.75, 3.05) is 4.90 Å². The Morgan fingerprint density at radius 2 is 1.97 bits per heavy atom. The highest BCUT2D eigenvalue weighted by atomic mass is 32.1. The number of rotatable bonds is 8. The zero-order chi connectivity index (χ0) is 23.4. The molecule has 4 rings (SSSR count). The molecule has 0 aliphatic rings. The predicted molar refractivity (Wildman–Crippen MR) is 127 cm³/mol. The number of ether oxygens (including phenoxy) is 1. The van der Waals surface area contributed by atoms with Crippen molar-refractivity contribution in [3.05, 3.63) is 63.8 Å². The van der Waals surface area contributed by atoms with Gasteiger partial charge in [-0.2, -0.15) is 4.98 Å². The fraction of sp³-hybridized carbons (Fsp3) is 0.261. The Kier molecular flexibility index (Phi) is 6.95. The van der Waals surface area contributed by atoms with E-state index in [-0.39, 0.29) is 18.9 Å². The second-order valence-corrected chi connectivity index (χ2v) is 9.18. The molecule has 8 nitrogen and oxygen atoms in total. The van der Waals surface area contributed by atoms with Crippen LogP contribution in [-0.4, -0.2) is 27.0 Å². The SMILES string of the molecule is CC(=O)N(c1ccc(C)c(C)c1)c1nc(COC(=O)CCc2nc(-c3cccs3)no2)cs1. The largest absolute Gasteiger partial charge is 0.459 e. The van der Waals surface area contributed by atoms with E-state index in [0.29, 0.717) is 29.0 Å². The first-order valence-corrected chi connectivity index (χ1v) is 12.0. The van der Waals surface area contributed by atoms with Crippen LogP contribution in [0.3, 0.4) is 0 Å². The van der Waals surface area contributed by atoms with Crippen molar-refractivity contribution >= 4 is 45.4 Å². The van der Waals surface area contributed by atoms with E-state index < -0.39 is 5.97 Å². The lowest BCUT2D eigenvalue weighted by Gasteiger charge is -2.19. The first-order chi connectivity index (χ1) is 15.9. The topological polar surface area (TPSA) is 98.4 Å². The van der Waals surface area contributed by atoms with E-state index in [1.807, 2.05) is 49.6 Å². The number of carbonyl (C=O) groups is 2. The quantitative estimate of drug-likeness (QED) is 0.317. The normalized spacial score (nSPS) is 10.9. The van der Waals surface area contributed by atoms with Gasteiger partial charge in [0.15, 0.2) is 5.13 Å². The highest BCUT2D eigenvalue weighted by Crippen LogP contribution is 2.30. The number of anilines is 2. The van der Waals surface area contributed by atoms with Crippen molar-refractivity contribution in [3.63, 3.8) is 0 Å². The van der Waals surface area contributed by atoms with Crippen LogP contribution in [0.15, 0.2) is 45.6 Å². The summed E-state index contributed by atoms with van der Waals surface area (Å²) in [6.45, 7) is 5.55. The minimum absolute atomic E-state index is 0.0261. The van der Waals surface area contributed by atoms with Crippen molar-refractivity contribution in [2.45, 2.75) is 40.2 Å². The molecule has 170 valence electrons. The molecule has 0 N–H and O–H groups in total. The molecule has 0 aliphatic heterocycles. The summed E-state index contributed by atoms with van der Waals surface area (Å²) >= 11 is 2.84. The zero-order valence-electron chi connectivity index (χ0n) is 18.4. The van der Waals surface area contributed by atoms with Crippen LogP contribution < -0.4 is 4.90 Å². The van der Waals surface area contributed by atoms with Crippen LogP contribution >= 0.6 is 22.7 Å². The minimum atomic E-state index is -0.391. The van der Waals surface area contributed by atoms with Gasteiger partial charge in [0.1, 0.15) is 6.61 Å². The average Bonchev–Trinajstić information content (AvgIpc) is 3.55. The van der Waals surface area contributed by atoms with E-state index in [1.54, 1.807) is 10.3 Å². The minimum Gasteiger partial charge on any atom is -0.459 e. The first-order valence-electron chi connectivity index (χ1n) is 10.2. The molecule has 4 aromatic rings. The van der Waals surface area contributed by atoms with E-state index in [0.717, 1.165) is 21.7 Å². The fourth-order valence-electron chi connectivity index (χ4n) is 3.05. The molecule has 0 aliphatic carbocycles. The van der Waals surface area contributed by atoms with Gasteiger partial charge in [0.2, 0.25) is 17.6 Å². The van der Waals surface area contributed by atoms with Gasteiger partial charge < -0.3 is 9.26 Å². The number of thiophene rings is 1. The number of carbonyl (C=O) groups excluding carboxylic acids is 2. The zero-order valence-corrected chi connectivity index (χ0v) is 20.0. The van der Waals surface area contributed by atoms with Gasteiger partial charge >= 0.3 is 5.97 Å². The van der Waals surface area contributed by atoms with Crippen LogP contribution in [0, 0.1) is 13.8 Å². The lowest BCUT2D eigenvalue weighted by Crippen LogP contribution is -2.22. The molecular weight excluding hydrogens is 460 g/mol. The third-order valence-corrected chi connectivity index (χ3v) is 6.67. The Hall–Kier alpha value is -3.37. The summed E-state index contributed by atoms with van der Waals surface area (Å²) in [5, 5.41) is 8.18. The molecule has 33 heavy (non-hydrogen) atoms. The maximum Gasteiger partial charge on any atom is 0.306 e. The second-order valence-electron chi connectivity index (χ2n) is 7.39. The highest BCUT2D eigenvalue weighted by Gasteiger charge is 2.19. The molecule has 0 bridgehead atoms.